The molecule has 3 heteroatoms. The molecule has 1 unspecified atom stereocenters. The topological polar surface area (TPSA) is 20.2 Å². The summed E-state index contributed by atoms with van der Waals surface area (Å²) in [5.74, 6) is 0.889. The van der Waals surface area contributed by atoms with E-state index in [-0.39, 0.29) is 12.5 Å². The zero-order valence-electron chi connectivity index (χ0n) is 10.5. The van der Waals surface area contributed by atoms with Gasteiger partial charge in [-0.2, -0.15) is 0 Å². The molecule has 0 spiro atoms. The van der Waals surface area contributed by atoms with Crippen molar-refractivity contribution in [1.29, 1.82) is 0 Å². The van der Waals surface area contributed by atoms with Gasteiger partial charge in [0, 0.05) is 22.6 Å². The quantitative estimate of drug-likeness (QED) is 0.822. The minimum Gasteiger partial charge on any atom is -0.396 e. The van der Waals surface area contributed by atoms with Gasteiger partial charge in [0.05, 0.1) is 0 Å². The highest BCUT2D eigenvalue weighted by Gasteiger charge is 2.21. The van der Waals surface area contributed by atoms with Gasteiger partial charge in [0.2, 0.25) is 0 Å². The Morgan fingerprint density at radius 3 is 2.50 bits per heavy atom. The van der Waals surface area contributed by atoms with Crippen LogP contribution in [0.25, 0.3) is 0 Å². The first-order valence-corrected chi connectivity index (χ1v) is 7.52. The standard InChI is InChI=1S/C15H20Cl2O/c16-13-6-7-14(15(17)9-13)12(10-18)8-11-4-2-1-3-5-11/h6-7,9,11-12,18H,1-5,8,10H2. The van der Waals surface area contributed by atoms with Crippen LogP contribution in [0.2, 0.25) is 10.0 Å². The van der Waals surface area contributed by atoms with Crippen molar-refractivity contribution in [2.75, 3.05) is 6.61 Å². The van der Waals surface area contributed by atoms with E-state index in [1.165, 1.54) is 32.1 Å². The van der Waals surface area contributed by atoms with Crippen LogP contribution in [0.4, 0.5) is 0 Å². The third-order valence-corrected chi connectivity index (χ3v) is 4.53. The molecule has 2 rings (SSSR count). The summed E-state index contributed by atoms with van der Waals surface area (Å²) in [5.41, 5.74) is 1.04. The summed E-state index contributed by atoms with van der Waals surface area (Å²) in [6.07, 6.45) is 7.65. The average Bonchev–Trinajstić information content (AvgIpc) is 2.38. The predicted octanol–water partition coefficient (Wildman–Crippen LogP) is 5.04. The van der Waals surface area contributed by atoms with Gasteiger partial charge >= 0.3 is 0 Å². The van der Waals surface area contributed by atoms with Gasteiger partial charge in [-0.15, -0.1) is 0 Å². The van der Waals surface area contributed by atoms with Crippen LogP contribution in [0.5, 0.6) is 0 Å². The Morgan fingerprint density at radius 1 is 1.17 bits per heavy atom. The molecule has 0 aromatic heterocycles. The number of aliphatic hydroxyl groups is 1. The van der Waals surface area contributed by atoms with Crippen molar-refractivity contribution in [2.45, 2.75) is 44.4 Å². The lowest BCUT2D eigenvalue weighted by molar-refractivity contribution is 0.226. The summed E-state index contributed by atoms with van der Waals surface area (Å²) in [6, 6.07) is 5.57. The van der Waals surface area contributed by atoms with E-state index in [4.69, 9.17) is 23.2 Å². The van der Waals surface area contributed by atoms with Crippen LogP contribution in [0.15, 0.2) is 18.2 Å². The number of hydrogen-bond acceptors (Lipinski definition) is 1. The van der Waals surface area contributed by atoms with E-state index in [9.17, 15) is 5.11 Å². The van der Waals surface area contributed by atoms with Crippen LogP contribution < -0.4 is 0 Å². The van der Waals surface area contributed by atoms with E-state index in [0.717, 1.165) is 17.9 Å². The molecule has 1 aliphatic rings. The maximum absolute atomic E-state index is 9.61. The van der Waals surface area contributed by atoms with Crippen LogP contribution in [0.3, 0.4) is 0 Å². The molecule has 1 aromatic carbocycles. The molecule has 1 aromatic rings. The van der Waals surface area contributed by atoms with Crippen molar-refractivity contribution in [2.24, 2.45) is 5.92 Å². The van der Waals surface area contributed by atoms with E-state index in [2.05, 4.69) is 0 Å². The van der Waals surface area contributed by atoms with Crippen LogP contribution in [-0.4, -0.2) is 11.7 Å². The van der Waals surface area contributed by atoms with Crippen molar-refractivity contribution in [3.63, 3.8) is 0 Å². The van der Waals surface area contributed by atoms with E-state index in [1.54, 1.807) is 6.07 Å². The zero-order valence-corrected chi connectivity index (χ0v) is 12.1. The Hall–Kier alpha value is -0.240. The van der Waals surface area contributed by atoms with Gasteiger partial charge in [-0.1, -0.05) is 61.4 Å². The van der Waals surface area contributed by atoms with Crippen LogP contribution in [0, 0.1) is 5.92 Å². The molecule has 1 nitrogen and oxygen atoms in total. The Labute approximate surface area is 119 Å². The highest BCUT2D eigenvalue weighted by molar-refractivity contribution is 6.35. The molecule has 1 fully saturated rings. The molecule has 0 amide bonds. The van der Waals surface area contributed by atoms with Gasteiger partial charge in [0.1, 0.15) is 0 Å². The summed E-state index contributed by atoms with van der Waals surface area (Å²) in [4.78, 5) is 0. The summed E-state index contributed by atoms with van der Waals surface area (Å²) >= 11 is 12.1. The highest BCUT2D eigenvalue weighted by atomic mass is 35.5. The van der Waals surface area contributed by atoms with E-state index < -0.39 is 0 Å². The third-order valence-electron chi connectivity index (χ3n) is 3.97. The third kappa shape index (κ3) is 3.63. The average molecular weight is 287 g/mol. The van der Waals surface area contributed by atoms with Crippen molar-refractivity contribution in [1.82, 2.24) is 0 Å². The SMILES string of the molecule is OCC(CC1CCCCC1)c1ccc(Cl)cc1Cl. The van der Waals surface area contributed by atoms with E-state index >= 15 is 0 Å². The molecule has 1 N–H and O–H groups in total. The predicted molar refractivity (Wildman–Crippen MR) is 77.5 cm³/mol. The fraction of sp³-hybridized carbons (Fsp3) is 0.600. The van der Waals surface area contributed by atoms with Crippen molar-refractivity contribution >= 4 is 23.2 Å². The molecule has 1 atom stereocenters. The number of aliphatic hydroxyl groups excluding tert-OH is 1. The molecule has 18 heavy (non-hydrogen) atoms. The summed E-state index contributed by atoms with van der Waals surface area (Å²) in [7, 11) is 0. The first-order valence-electron chi connectivity index (χ1n) is 6.76. The van der Waals surface area contributed by atoms with Crippen LogP contribution in [0.1, 0.15) is 50.0 Å². The molecular formula is C15H20Cl2O. The molecule has 1 saturated carbocycles. The first kappa shape index (κ1) is 14.2. The van der Waals surface area contributed by atoms with Crippen LogP contribution >= 0.6 is 23.2 Å². The number of benzene rings is 1. The molecule has 1 aliphatic carbocycles. The number of halogens is 2. The maximum atomic E-state index is 9.61. The number of hydrogen-bond donors (Lipinski definition) is 1. The normalized spacial score (nSPS) is 18.8. The fourth-order valence-corrected chi connectivity index (χ4v) is 3.52. The number of rotatable bonds is 4. The second-order valence-corrected chi connectivity index (χ2v) is 6.13. The smallest absolute Gasteiger partial charge is 0.0500 e. The minimum absolute atomic E-state index is 0.151. The molecule has 0 saturated heterocycles. The lowest BCUT2D eigenvalue weighted by atomic mass is 9.81. The largest absolute Gasteiger partial charge is 0.396 e. The van der Waals surface area contributed by atoms with Crippen molar-refractivity contribution in [3.05, 3.63) is 33.8 Å². The van der Waals surface area contributed by atoms with Gasteiger partial charge in [0.15, 0.2) is 0 Å². The van der Waals surface area contributed by atoms with E-state index in [0.29, 0.717) is 10.0 Å². The molecule has 100 valence electrons. The minimum atomic E-state index is 0.151. The fourth-order valence-electron chi connectivity index (χ4n) is 2.96. The van der Waals surface area contributed by atoms with Gasteiger partial charge < -0.3 is 5.11 Å². The monoisotopic (exact) mass is 286 g/mol. The second kappa shape index (κ2) is 6.79. The highest BCUT2D eigenvalue weighted by Crippen LogP contribution is 2.36. The molecule has 0 aliphatic heterocycles. The Balaban J connectivity index is 2.07. The Kier molecular flexibility index (Phi) is 5.35. The van der Waals surface area contributed by atoms with Crippen LogP contribution in [-0.2, 0) is 0 Å². The summed E-state index contributed by atoms with van der Waals surface area (Å²) < 4.78 is 0. The van der Waals surface area contributed by atoms with Gasteiger partial charge in [-0.05, 0) is 30.0 Å². The lowest BCUT2D eigenvalue weighted by Crippen LogP contribution is -2.14. The zero-order chi connectivity index (χ0) is 13.0. The molecule has 0 radical (unpaired) electrons. The summed E-state index contributed by atoms with van der Waals surface area (Å²) in [5, 5.41) is 10.9. The van der Waals surface area contributed by atoms with Crippen molar-refractivity contribution in [3.8, 4) is 0 Å². The Morgan fingerprint density at radius 2 is 1.89 bits per heavy atom. The lowest BCUT2D eigenvalue weighted by Gasteiger charge is -2.26. The molecule has 0 bridgehead atoms. The molecule has 0 heterocycles. The van der Waals surface area contributed by atoms with Gasteiger partial charge in [-0.3, -0.25) is 0 Å². The Bertz CT molecular complexity index is 386. The molecular weight excluding hydrogens is 267 g/mol. The first-order chi connectivity index (χ1) is 8.70. The van der Waals surface area contributed by atoms with Crippen molar-refractivity contribution < 1.29 is 5.11 Å². The maximum Gasteiger partial charge on any atom is 0.0500 e. The van der Waals surface area contributed by atoms with Gasteiger partial charge in [0.25, 0.3) is 0 Å². The summed E-state index contributed by atoms with van der Waals surface area (Å²) in [6.45, 7) is 0.165. The van der Waals surface area contributed by atoms with Gasteiger partial charge in [-0.25, -0.2) is 0 Å². The van der Waals surface area contributed by atoms with E-state index in [1.807, 2.05) is 12.1 Å². The second-order valence-electron chi connectivity index (χ2n) is 5.29.